The van der Waals surface area contributed by atoms with Crippen molar-refractivity contribution in [3.63, 3.8) is 0 Å². The number of nitrogens with one attached hydrogen (secondary N) is 1. The Morgan fingerprint density at radius 2 is 2.29 bits per heavy atom. The number of nitrogens with two attached hydrogens (primary N) is 1. The fourth-order valence-corrected chi connectivity index (χ4v) is 1.66. The molecule has 1 unspecified atom stereocenters. The van der Waals surface area contributed by atoms with Gasteiger partial charge in [0.15, 0.2) is 0 Å². The zero-order chi connectivity index (χ0) is 12.8. The number of carbonyl (C=O) groups excluding carboxylic acids is 1. The largest absolute Gasteiger partial charge is 0.327 e. The first-order valence-corrected chi connectivity index (χ1v) is 5.91. The molecule has 1 amide bonds. The number of hydrogen-bond acceptors (Lipinski definition) is 2. The van der Waals surface area contributed by atoms with E-state index in [2.05, 4.69) is 5.32 Å². The zero-order valence-corrected chi connectivity index (χ0v) is 10.4. The van der Waals surface area contributed by atoms with Crippen LogP contribution in [0, 0.1) is 5.82 Å². The highest BCUT2D eigenvalue weighted by Crippen LogP contribution is 2.19. The lowest BCUT2D eigenvalue weighted by Gasteiger charge is -2.11. The molecular formula is C12H16ClFN2O. The average molecular weight is 259 g/mol. The maximum absolute atomic E-state index is 13.4. The first-order chi connectivity index (χ1) is 8.02. The van der Waals surface area contributed by atoms with Crippen molar-refractivity contribution in [1.82, 2.24) is 0 Å². The van der Waals surface area contributed by atoms with Crippen molar-refractivity contribution in [3.05, 3.63) is 29.0 Å². The van der Waals surface area contributed by atoms with Gasteiger partial charge in [0.2, 0.25) is 5.91 Å². The molecule has 0 heterocycles. The van der Waals surface area contributed by atoms with Gasteiger partial charge in [-0.25, -0.2) is 4.39 Å². The summed E-state index contributed by atoms with van der Waals surface area (Å²) in [6.45, 7) is 2.00. The van der Waals surface area contributed by atoms with Crippen molar-refractivity contribution >= 4 is 23.2 Å². The molecule has 0 saturated heterocycles. The van der Waals surface area contributed by atoms with E-state index in [1.165, 1.54) is 12.1 Å². The zero-order valence-electron chi connectivity index (χ0n) is 9.67. The summed E-state index contributed by atoms with van der Waals surface area (Å²) in [5, 5.41) is 2.77. The molecule has 94 valence electrons. The summed E-state index contributed by atoms with van der Waals surface area (Å²) in [7, 11) is 0. The Hall–Kier alpha value is -1.13. The van der Waals surface area contributed by atoms with E-state index in [1.807, 2.05) is 6.92 Å². The molecule has 1 atom stereocenters. The van der Waals surface area contributed by atoms with Crippen LogP contribution in [0.25, 0.3) is 0 Å². The molecule has 0 bridgehead atoms. The first-order valence-electron chi connectivity index (χ1n) is 5.53. The second kappa shape index (κ2) is 6.57. The third-order valence-corrected chi connectivity index (χ3v) is 2.55. The Morgan fingerprint density at radius 1 is 1.59 bits per heavy atom. The van der Waals surface area contributed by atoms with Crippen LogP contribution in [0.1, 0.15) is 26.2 Å². The van der Waals surface area contributed by atoms with Crippen LogP contribution >= 0.6 is 11.6 Å². The highest BCUT2D eigenvalue weighted by Gasteiger charge is 2.11. The Morgan fingerprint density at radius 3 is 2.88 bits per heavy atom. The van der Waals surface area contributed by atoms with Gasteiger partial charge in [-0.15, -0.1) is 0 Å². The summed E-state index contributed by atoms with van der Waals surface area (Å²) in [6, 6.07) is 3.92. The highest BCUT2D eigenvalue weighted by atomic mass is 35.5. The number of carbonyl (C=O) groups is 1. The van der Waals surface area contributed by atoms with Crippen molar-refractivity contribution < 1.29 is 9.18 Å². The lowest BCUT2D eigenvalue weighted by Crippen LogP contribution is -2.27. The molecule has 0 saturated carbocycles. The van der Waals surface area contributed by atoms with E-state index in [4.69, 9.17) is 17.3 Å². The van der Waals surface area contributed by atoms with Crippen LogP contribution in [0.4, 0.5) is 10.1 Å². The Balaban J connectivity index is 2.56. The molecule has 0 aliphatic heterocycles. The summed E-state index contributed by atoms with van der Waals surface area (Å²) >= 11 is 5.61. The van der Waals surface area contributed by atoms with E-state index < -0.39 is 5.82 Å². The van der Waals surface area contributed by atoms with Crippen molar-refractivity contribution in [1.29, 1.82) is 0 Å². The van der Waals surface area contributed by atoms with Crippen molar-refractivity contribution in [2.24, 2.45) is 5.73 Å². The van der Waals surface area contributed by atoms with E-state index in [-0.39, 0.29) is 24.1 Å². The van der Waals surface area contributed by atoms with Gasteiger partial charge in [-0.1, -0.05) is 24.9 Å². The van der Waals surface area contributed by atoms with Crippen molar-refractivity contribution in [2.75, 3.05) is 5.32 Å². The van der Waals surface area contributed by atoms with Crippen LogP contribution in [0.15, 0.2) is 18.2 Å². The molecular weight excluding hydrogens is 243 g/mol. The molecule has 0 aliphatic rings. The van der Waals surface area contributed by atoms with Gasteiger partial charge in [-0.3, -0.25) is 4.79 Å². The number of hydrogen-bond donors (Lipinski definition) is 2. The van der Waals surface area contributed by atoms with Gasteiger partial charge in [-0.2, -0.15) is 0 Å². The van der Waals surface area contributed by atoms with E-state index in [0.717, 1.165) is 18.9 Å². The quantitative estimate of drug-likeness (QED) is 0.853. The molecule has 0 radical (unpaired) electrons. The molecule has 3 N–H and O–H groups in total. The Bertz CT molecular complexity index is 398. The first kappa shape index (κ1) is 13.9. The number of amides is 1. The van der Waals surface area contributed by atoms with Crippen LogP contribution in [-0.4, -0.2) is 11.9 Å². The fraction of sp³-hybridized carbons (Fsp3) is 0.417. The predicted octanol–water partition coefficient (Wildman–Crippen LogP) is 2.94. The standard InChI is InChI=1S/C12H16ClFN2O/c1-2-3-9(15)7-12(17)16-11-5-4-8(13)6-10(11)14/h4-6,9H,2-3,7,15H2,1H3,(H,16,17). The molecule has 1 rings (SSSR count). The van der Waals surface area contributed by atoms with E-state index >= 15 is 0 Å². The molecule has 0 fully saturated rings. The van der Waals surface area contributed by atoms with Gasteiger partial charge >= 0.3 is 0 Å². The molecule has 0 spiro atoms. The predicted molar refractivity (Wildman–Crippen MR) is 67.5 cm³/mol. The molecule has 3 nitrogen and oxygen atoms in total. The molecule has 1 aromatic carbocycles. The number of rotatable bonds is 5. The number of benzene rings is 1. The lowest BCUT2D eigenvalue weighted by atomic mass is 10.1. The highest BCUT2D eigenvalue weighted by molar-refractivity contribution is 6.30. The van der Waals surface area contributed by atoms with Gasteiger partial charge in [-0.05, 0) is 24.6 Å². The smallest absolute Gasteiger partial charge is 0.226 e. The Labute approximate surface area is 105 Å². The van der Waals surface area contributed by atoms with E-state index in [1.54, 1.807) is 0 Å². The third kappa shape index (κ3) is 4.71. The number of halogens is 2. The van der Waals surface area contributed by atoms with Crippen LogP contribution in [-0.2, 0) is 4.79 Å². The van der Waals surface area contributed by atoms with E-state index in [9.17, 15) is 9.18 Å². The van der Waals surface area contributed by atoms with Gasteiger partial charge in [0.05, 0.1) is 5.69 Å². The summed E-state index contributed by atoms with van der Waals surface area (Å²) < 4.78 is 13.4. The fourth-order valence-electron chi connectivity index (χ4n) is 1.50. The van der Waals surface area contributed by atoms with Gasteiger partial charge in [0.1, 0.15) is 5.82 Å². The van der Waals surface area contributed by atoms with Gasteiger partial charge in [0.25, 0.3) is 0 Å². The minimum absolute atomic E-state index is 0.128. The molecule has 1 aromatic rings. The normalized spacial score (nSPS) is 12.2. The lowest BCUT2D eigenvalue weighted by molar-refractivity contribution is -0.116. The van der Waals surface area contributed by atoms with Crippen LogP contribution in [0.2, 0.25) is 5.02 Å². The van der Waals surface area contributed by atoms with E-state index in [0.29, 0.717) is 5.02 Å². The molecule has 17 heavy (non-hydrogen) atoms. The van der Waals surface area contributed by atoms with Crippen LogP contribution < -0.4 is 11.1 Å². The second-order valence-electron chi connectivity index (χ2n) is 3.93. The maximum Gasteiger partial charge on any atom is 0.226 e. The summed E-state index contributed by atoms with van der Waals surface area (Å²) in [5.74, 6) is -0.831. The SMILES string of the molecule is CCCC(N)CC(=O)Nc1ccc(Cl)cc1F. The monoisotopic (exact) mass is 258 g/mol. The van der Waals surface area contributed by atoms with Crippen molar-refractivity contribution in [2.45, 2.75) is 32.2 Å². The molecule has 0 aromatic heterocycles. The average Bonchev–Trinajstić information content (AvgIpc) is 2.22. The van der Waals surface area contributed by atoms with Gasteiger partial charge < -0.3 is 11.1 Å². The van der Waals surface area contributed by atoms with Gasteiger partial charge in [0, 0.05) is 17.5 Å². The van der Waals surface area contributed by atoms with Crippen molar-refractivity contribution in [3.8, 4) is 0 Å². The van der Waals surface area contributed by atoms with Crippen LogP contribution in [0.3, 0.4) is 0 Å². The number of anilines is 1. The topological polar surface area (TPSA) is 55.1 Å². The molecule has 0 aliphatic carbocycles. The van der Waals surface area contributed by atoms with Crippen LogP contribution in [0.5, 0.6) is 0 Å². The third-order valence-electron chi connectivity index (χ3n) is 2.31. The summed E-state index contributed by atoms with van der Waals surface area (Å²) in [4.78, 5) is 11.5. The summed E-state index contributed by atoms with van der Waals surface area (Å²) in [5.41, 5.74) is 5.85. The minimum Gasteiger partial charge on any atom is -0.327 e. The Kier molecular flexibility index (Phi) is 5.38. The second-order valence-corrected chi connectivity index (χ2v) is 4.36. The summed E-state index contributed by atoms with van der Waals surface area (Å²) in [6.07, 6.45) is 1.89. The maximum atomic E-state index is 13.4. The minimum atomic E-state index is -0.546. The molecule has 5 heteroatoms.